The number of nitrogens with zero attached hydrogens (tertiary/aromatic N) is 1. The molecule has 0 aromatic carbocycles. The van der Waals surface area contributed by atoms with Crippen molar-refractivity contribution in [2.75, 3.05) is 13.1 Å². The molecule has 0 spiro atoms. The number of sulfonamides is 1. The number of hydrogen-bond donors (Lipinski definition) is 2. The fourth-order valence-electron chi connectivity index (χ4n) is 1.91. The number of piperidine rings is 1. The van der Waals surface area contributed by atoms with Crippen LogP contribution < -0.4 is 0 Å². The van der Waals surface area contributed by atoms with E-state index < -0.39 is 21.6 Å². The van der Waals surface area contributed by atoms with E-state index in [4.69, 9.17) is 5.11 Å². The summed E-state index contributed by atoms with van der Waals surface area (Å²) in [6.07, 6.45) is 0.757. The minimum Gasteiger partial charge on any atom is -0.477 e. The third-order valence-corrected chi connectivity index (χ3v) is 6.63. The Kier molecular flexibility index (Phi) is 3.69. The van der Waals surface area contributed by atoms with Crippen molar-refractivity contribution in [3.63, 3.8) is 0 Å². The summed E-state index contributed by atoms with van der Waals surface area (Å²) in [4.78, 5) is 10.8. The largest absolute Gasteiger partial charge is 0.477 e. The lowest BCUT2D eigenvalue weighted by atomic mass is 9.95. The maximum Gasteiger partial charge on any atom is 0.345 e. The van der Waals surface area contributed by atoms with Gasteiger partial charge in [0.05, 0.1) is 5.60 Å². The molecule has 106 valence electrons. The first-order valence-corrected chi connectivity index (χ1v) is 8.04. The zero-order chi connectivity index (χ0) is 14.3. The summed E-state index contributed by atoms with van der Waals surface area (Å²) in [5.74, 6) is -1.13. The van der Waals surface area contributed by atoms with Crippen LogP contribution in [-0.4, -0.2) is 47.6 Å². The molecule has 1 fully saturated rings. The van der Waals surface area contributed by atoms with Gasteiger partial charge in [0.2, 0.25) is 0 Å². The summed E-state index contributed by atoms with van der Waals surface area (Å²) in [6.45, 7) is 2.18. The molecule has 1 aromatic heterocycles. The molecule has 2 N–H and O–H groups in total. The zero-order valence-electron chi connectivity index (χ0n) is 10.4. The van der Waals surface area contributed by atoms with E-state index in [-0.39, 0.29) is 22.2 Å². The van der Waals surface area contributed by atoms with Gasteiger partial charge in [0, 0.05) is 13.1 Å². The quantitative estimate of drug-likeness (QED) is 0.868. The van der Waals surface area contributed by atoms with Crippen LogP contribution in [0.25, 0.3) is 0 Å². The Hall–Kier alpha value is -0.960. The monoisotopic (exact) mass is 305 g/mol. The first-order valence-electron chi connectivity index (χ1n) is 5.78. The highest BCUT2D eigenvalue weighted by molar-refractivity contribution is 7.91. The van der Waals surface area contributed by atoms with Gasteiger partial charge < -0.3 is 10.2 Å². The van der Waals surface area contributed by atoms with Gasteiger partial charge >= 0.3 is 5.97 Å². The molecule has 1 saturated heterocycles. The number of rotatable bonds is 3. The molecule has 8 heteroatoms. The van der Waals surface area contributed by atoms with Crippen LogP contribution in [0.2, 0.25) is 0 Å². The summed E-state index contributed by atoms with van der Waals surface area (Å²) in [6, 6.07) is 2.61. The SMILES string of the molecule is CC1(O)CCN(S(=O)(=O)c2ccc(C(=O)O)s2)CC1. The second kappa shape index (κ2) is 4.86. The molecule has 0 bridgehead atoms. The van der Waals surface area contributed by atoms with E-state index in [2.05, 4.69) is 0 Å². The van der Waals surface area contributed by atoms with Crippen molar-refractivity contribution in [2.24, 2.45) is 0 Å². The van der Waals surface area contributed by atoms with Crippen LogP contribution in [0.5, 0.6) is 0 Å². The molecule has 0 unspecified atom stereocenters. The standard InChI is InChI=1S/C11H15NO5S2/c1-11(15)4-6-12(7-5-11)19(16,17)9-3-2-8(18-9)10(13)14/h2-3,15H,4-7H2,1H3,(H,13,14). The van der Waals surface area contributed by atoms with E-state index >= 15 is 0 Å². The Balaban J connectivity index is 2.20. The summed E-state index contributed by atoms with van der Waals surface area (Å²) in [5.41, 5.74) is -0.826. The normalized spacial score (nSPS) is 20.3. The highest BCUT2D eigenvalue weighted by Gasteiger charge is 2.34. The van der Waals surface area contributed by atoms with Crippen LogP contribution in [0, 0.1) is 0 Å². The minimum absolute atomic E-state index is 0.00239. The van der Waals surface area contributed by atoms with Crippen LogP contribution in [0.1, 0.15) is 29.4 Å². The van der Waals surface area contributed by atoms with Crippen LogP contribution in [0.15, 0.2) is 16.3 Å². The molecule has 2 heterocycles. The van der Waals surface area contributed by atoms with Gasteiger partial charge in [-0.3, -0.25) is 0 Å². The maximum absolute atomic E-state index is 12.3. The van der Waals surface area contributed by atoms with Gasteiger partial charge in [-0.1, -0.05) is 0 Å². The molecule has 19 heavy (non-hydrogen) atoms. The zero-order valence-corrected chi connectivity index (χ0v) is 12.0. The lowest BCUT2D eigenvalue weighted by Crippen LogP contribution is -2.44. The van der Waals surface area contributed by atoms with E-state index in [9.17, 15) is 18.3 Å². The van der Waals surface area contributed by atoms with Crippen molar-refractivity contribution >= 4 is 27.3 Å². The Morgan fingerprint density at radius 3 is 2.42 bits per heavy atom. The van der Waals surface area contributed by atoms with Crippen LogP contribution in [0.4, 0.5) is 0 Å². The topological polar surface area (TPSA) is 94.9 Å². The molecular weight excluding hydrogens is 290 g/mol. The number of aliphatic hydroxyl groups is 1. The summed E-state index contributed by atoms with van der Waals surface area (Å²) >= 11 is 0.750. The van der Waals surface area contributed by atoms with E-state index in [1.165, 1.54) is 16.4 Å². The Labute approximate surface area is 115 Å². The predicted octanol–water partition coefficient (Wildman–Crippen LogP) is 0.982. The minimum atomic E-state index is -3.65. The third kappa shape index (κ3) is 2.97. The number of aromatic carboxylic acids is 1. The molecule has 1 aliphatic heterocycles. The van der Waals surface area contributed by atoms with E-state index in [0.717, 1.165) is 11.3 Å². The maximum atomic E-state index is 12.3. The lowest BCUT2D eigenvalue weighted by molar-refractivity contribution is 0.0126. The molecule has 6 nitrogen and oxygen atoms in total. The average molecular weight is 305 g/mol. The smallest absolute Gasteiger partial charge is 0.345 e. The molecule has 0 atom stereocenters. The van der Waals surface area contributed by atoms with Gasteiger partial charge in [0.15, 0.2) is 0 Å². The third-order valence-electron chi connectivity index (χ3n) is 3.19. The molecule has 1 aliphatic rings. The van der Waals surface area contributed by atoms with Crippen LogP contribution >= 0.6 is 11.3 Å². The number of thiophene rings is 1. The molecule has 0 amide bonds. The molecule has 2 rings (SSSR count). The second-order valence-corrected chi connectivity index (χ2v) is 8.07. The Morgan fingerprint density at radius 1 is 1.37 bits per heavy atom. The second-order valence-electron chi connectivity index (χ2n) is 4.82. The number of carboxylic acids is 1. The molecule has 1 aromatic rings. The van der Waals surface area contributed by atoms with Crippen molar-refractivity contribution in [3.8, 4) is 0 Å². The summed E-state index contributed by atoms with van der Waals surface area (Å²) in [7, 11) is -3.65. The van der Waals surface area contributed by atoms with Crippen molar-refractivity contribution in [2.45, 2.75) is 29.6 Å². The van der Waals surface area contributed by atoms with Gasteiger partial charge in [-0.15, -0.1) is 11.3 Å². The number of hydrogen-bond acceptors (Lipinski definition) is 5. The van der Waals surface area contributed by atoms with E-state index in [1.807, 2.05) is 0 Å². The molecular formula is C11H15NO5S2. The fraction of sp³-hybridized carbons (Fsp3) is 0.545. The van der Waals surface area contributed by atoms with Crippen LogP contribution in [0.3, 0.4) is 0 Å². The van der Waals surface area contributed by atoms with E-state index in [0.29, 0.717) is 12.8 Å². The van der Waals surface area contributed by atoms with Gasteiger partial charge in [0.1, 0.15) is 9.09 Å². The van der Waals surface area contributed by atoms with Crippen molar-refractivity contribution in [1.82, 2.24) is 4.31 Å². The highest BCUT2D eigenvalue weighted by Crippen LogP contribution is 2.29. The Morgan fingerprint density at radius 2 is 1.95 bits per heavy atom. The molecule has 0 saturated carbocycles. The first kappa shape index (κ1) is 14.4. The number of carbonyl (C=O) groups is 1. The molecule has 0 aliphatic carbocycles. The molecule has 0 radical (unpaired) electrons. The highest BCUT2D eigenvalue weighted by atomic mass is 32.2. The fourth-order valence-corrected chi connectivity index (χ4v) is 4.65. The van der Waals surface area contributed by atoms with E-state index in [1.54, 1.807) is 6.92 Å². The van der Waals surface area contributed by atoms with Gasteiger partial charge in [-0.2, -0.15) is 4.31 Å². The average Bonchev–Trinajstić information content (AvgIpc) is 2.78. The van der Waals surface area contributed by atoms with Crippen LogP contribution in [-0.2, 0) is 10.0 Å². The summed E-state index contributed by atoms with van der Waals surface area (Å²) < 4.78 is 25.9. The van der Waals surface area contributed by atoms with Gasteiger partial charge in [-0.25, -0.2) is 13.2 Å². The van der Waals surface area contributed by atoms with Gasteiger partial charge in [-0.05, 0) is 31.9 Å². The number of carboxylic acid groups (broad SMARTS) is 1. The first-order chi connectivity index (χ1) is 8.72. The van der Waals surface area contributed by atoms with Gasteiger partial charge in [0.25, 0.3) is 10.0 Å². The lowest BCUT2D eigenvalue weighted by Gasteiger charge is -2.34. The van der Waals surface area contributed by atoms with Crippen molar-refractivity contribution < 1.29 is 23.4 Å². The Bertz CT molecular complexity index is 580. The van der Waals surface area contributed by atoms with Crippen molar-refractivity contribution in [1.29, 1.82) is 0 Å². The predicted molar refractivity (Wildman–Crippen MR) is 69.9 cm³/mol. The summed E-state index contributed by atoms with van der Waals surface area (Å²) in [5, 5.41) is 18.6. The van der Waals surface area contributed by atoms with Crippen molar-refractivity contribution in [3.05, 3.63) is 17.0 Å².